The summed E-state index contributed by atoms with van der Waals surface area (Å²) in [6, 6.07) is 0. The van der Waals surface area contributed by atoms with Gasteiger partial charge in [0, 0.05) is 30.6 Å². The quantitative estimate of drug-likeness (QED) is 0.439. The first kappa shape index (κ1) is 14.1. The van der Waals surface area contributed by atoms with E-state index in [-0.39, 0.29) is 18.1 Å². The molecule has 1 amide bonds. The van der Waals surface area contributed by atoms with Crippen molar-refractivity contribution in [3.63, 3.8) is 0 Å². The summed E-state index contributed by atoms with van der Waals surface area (Å²) in [4.78, 5) is 13.8. The molecule has 0 bridgehead atoms. The van der Waals surface area contributed by atoms with Crippen LogP contribution in [0, 0.1) is 0 Å². The van der Waals surface area contributed by atoms with Gasteiger partial charge in [-0.15, -0.1) is 0 Å². The Morgan fingerprint density at radius 1 is 1.56 bits per heavy atom. The normalized spacial score (nSPS) is 33.6. The Kier molecular flexibility index (Phi) is 5.29. The Hall–Kier alpha value is -0.300. The van der Waals surface area contributed by atoms with Gasteiger partial charge in [0.25, 0.3) is 5.91 Å². The zero-order valence-electron chi connectivity index (χ0n) is 10.9. The molecule has 0 aromatic heterocycles. The molecular weight excluding hydrogens is 250 g/mol. The largest absolute Gasteiger partial charge is 0.364 e. The van der Waals surface area contributed by atoms with E-state index in [1.807, 2.05) is 0 Å². The number of carbonyl (C=O) groups excluding carboxylic acids is 1. The predicted octanol–water partition coefficient (Wildman–Crippen LogP) is 0.351. The minimum absolute atomic E-state index is 0.188. The van der Waals surface area contributed by atoms with E-state index in [2.05, 4.69) is 29.0 Å². The molecule has 104 valence electrons. The average molecular weight is 273 g/mol. The summed E-state index contributed by atoms with van der Waals surface area (Å²) < 4.78 is 5.75. The average Bonchev–Trinajstić information content (AvgIpc) is 2.86. The second-order valence-electron chi connectivity index (χ2n) is 4.99. The van der Waals surface area contributed by atoms with Gasteiger partial charge in [0.05, 0.1) is 6.10 Å². The third kappa shape index (κ3) is 3.60. The van der Waals surface area contributed by atoms with Crippen LogP contribution in [-0.2, 0) is 9.53 Å². The topological polar surface area (TPSA) is 67.6 Å². The molecule has 2 heterocycles. The van der Waals surface area contributed by atoms with Crippen molar-refractivity contribution < 1.29 is 9.53 Å². The van der Waals surface area contributed by atoms with Crippen LogP contribution < -0.4 is 11.3 Å². The molecule has 6 heteroatoms. The van der Waals surface area contributed by atoms with Gasteiger partial charge >= 0.3 is 0 Å². The first-order valence-electron chi connectivity index (χ1n) is 6.72. The molecular formula is C12H23N3O2S. The summed E-state index contributed by atoms with van der Waals surface area (Å²) >= 11 is 2.07. The predicted molar refractivity (Wildman–Crippen MR) is 73.2 cm³/mol. The van der Waals surface area contributed by atoms with Gasteiger partial charge in [0.2, 0.25) is 0 Å². The van der Waals surface area contributed by atoms with E-state index in [0.717, 1.165) is 37.7 Å². The van der Waals surface area contributed by atoms with Crippen molar-refractivity contribution in [2.24, 2.45) is 5.84 Å². The first-order chi connectivity index (χ1) is 8.72. The number of rotatable bonds is 4. The fraction of sp³-hybridized carbons (Fsp3) is 0.917. The molecule has 2 aliphatic heterocycles. The highest BCUT2D eigenvalue weighted by Gasteiger charge is 2.32. The van der Waals surface area contributed by atoms with Crippen LogP contribution in [0.2, 0.25) is 0 Å². The van der Waals surface area contributed by atoms with Gasteiger partial charge in [-0.1, -0.05) is 6.92 Å². The molecule has 2 fully saturated rings. The molecule has 2 rings (SSSR count). The smallest absolute Gasteiger partial charge is 0.263 e. The van der Waals surface area contributed by atoms with Crippen LogP contribution in [0.1, 0.15) is 26.2 Å². The SMILES string of the molecule is CCC1CN(CC2CCC(C(=O)NN)O2)CCS1. The fourth-order valence-corrected chi connectivity index (χ4v) is 3.86. The van der Waals surface area contributed by atoms with Crippen molar-refractivity contribution in [2.75, 3.05) is 25.4 Å². The number of carbonyl (C=O) groups is 1. The van der Waals surface area contributed by atoms with Gasteiger partial charge in [-0.05, 0) is 19.3 Å². The van der Waals surface area contributed by atoms with Gasteiger partial charge < -0.3 is 4.74 Å². The Morgan fingerprint density at radius 3 is 3.11 bits per heavy atom. The molecule has 0 aliphatic carbocycles. The van der Waals surface area contributed by atoms with Crippen LogP contribution in [-0.4, -0.2) is 53.7 Å². The number of amides is 1. The number of nitrogens with two attached hydrogens (primary N) is 1. The lowest BCUT2D eigenvalue weighted by molar-refractivity contribution is -0.132. The van der Waals surface area contributed by atoms with Crippen molar-refractivity contribution >= 4 is 17.7 Å². The lowest BCUT2D eigenvalue weighted by Gasteiger charge is -2.33. The van der Waals surface area contributed by atoms with E-state index in [1.165, 1.54) is 12.2 Å². The van der Waals surface area contributed by atoms with E-state index in [4.69, 9.17) is 10.6 Å². The lowest BCUT2D eigenvalue weighted by atomic mass is 10.1. The molecule has 0 radical (unpaired) electrons. The number of ether oxygens (including phenoxy) is 1. The van der Waals surface area contributed by atoms with E-state index in [1.54, 1.807) is 0 Å². The summed E-state index contributed by atoms with van der Waals surface area (Å²) in [6.45, 7) is 5.48. The minimum atomic E-state index is -0.346. The summed E-state index contributed by atoms with van der Waals surface area (Å²) in [6.07, 6.45) is 2.81. The molecule has 3 unspecified atom stereocenters. The summed E-state index contributed by atoms with van der Waals surface area (Å²) in [5.41, 5.74) is 2.17. The zero-order chi connectivity index (χ0) is 13.0. The number of hydrogen-bond acceptors (Lipinski definition) is 5. The zero-order valence-corrected chi connectivity index (χ0v) is 11.7. The van der Waals surface area contributed by atoms with E-state index in [0.29, 0.717) is 0 Å². The highest BCUT2D eigenvalue weighted by Crippen LogP contribution is 2.24. The Labute approximate surface area is 113 Å². The molecule has 0 aromatic rings. The summed E-state index contributed by atoms with van der Waals surface area (Å²) in [5, 5.41) is 0.753. The van der Waals surface area contributed by atoms with Crippen LogP contribution in [0.4, 0.5) is 0 Å². The third-order valence-corrected chi connectivity index (χ3v) is 5.05. The highest BCUT2D eigenvalue weighted by molar-refractivity contribution is 8.00. The maximum Gasteiger partial charge on any atom is 0.263 e. The van der Waals surface area contributed by atoms with Crippen molar-refractivity contribution in [1.82, 2.24) is 10.3 Å². The number of hydrogen-bond donors (Lipinski definition) is 2. The van der Waals surface area contributed by atoms with Crippen molar-refractivity contribution in [2.45, 2.75) is 43.6 Å². The van der Waals surface area contributed by atoms with Gasteiger partial charge in [0.1, 0.15) is 6.10 Å². The van der Waals surface area contributed by atoms with Gasteiger partial charge in [-0.3, -0.25) is 15.1 Å². The monoisotopic (exact) mass is 273 g/mol. The number of hydrazine groups is 1. The molecule has 3 atom stereocenters. The summed E-state index contributed by atoms with van der Waals surface area (Å²) in [5.74, 6) is 6.14. The van der Waals surface area contributed by atoms with Crippen LogP contribution in [0.5, 0.6) is 0 Å². The van der Waals surface area contributed by atoms with Gasteiger partial charge in [0.15, 0.2) is 0 Å². The van der Waals surface area contributed by atoms with Crippen LogP contribution in [0.25, 0.3) is 0 Å². The molecule has 2 saturated heterocycles. The molecule has 18 heavy (non-hydrogen) atoms. The second-order valence-corrected chi connectivity index (χ2v) is 6.40. The standard InChI is InChI=1S/C12H23N3O2S/c1-2-10-8-15(5-6-18-10)7-9-3-4-11(17-9)12(16)14-13/h9-11H,2-8,13H2,1H3,(H,14,16). The summed E-state index contributed by atoms with van der Waals surface area (Å²) in [7, 11) is 0. The molecule has 2 aliphatic rings. The van der Waals surface area contributed by atoms with Crippen molar-refractivity contribution in [3.05, 3.63) is 0 Å². The maximum absolute atomic E-state index is 11.4. The van der Waals surface area contributed by atoms with Gasteiger partial charge in [-0.2, -0.15) is 11.8 Å². The molecule has 3 N–H and O–H groups in total. The van der Waals surface area contributed by atoms with Crippen molar-refractivity contribution in [3.8, 4) is 0 Å². The van der Waals surface area contributed by atoms with Crippen LogP contribution in [0.3, 0.4) is 0 Å². The Balaban J connectivity index is 1.75. The highest BCUT2D eigenvalue weighted by atomic mass is 32.2. The van der Waals surface area contributed by atoms with E-state index in [9.17, 15) is 4.79 Å². The molecule has 5 nitrogen and oxygen atoms in total. The van der Waals surface area contributed by atoms with Crippen LogP contribution in [0.15, 0.2) is 0 Å². The van der Waals surface area contributed by atoms with E-state index >= 15 is 0 Å². The minimum Gasteiger partial charge on any atom is -0.364 e. The lowest BCUT2D eigenvalue weighted by Crippen LogP contribution is -2.43. The van der Waals surface area contributed by atoms with Crippen LogP contribution >= 0.6 is 11.8 Å². The van der Waals surface area contributed by atoms with Crippen molar-refractivity contribution in [1.29, 1.82) is 0 Å². The number of nitrogens with zero attached hydrogens (tertiary/aromatic N) is 1. The molecule has 0 aromatic carbocycles. The second kappa shape index (κ2) is 6.75. The van der Waals surface area contributed by atoms with Gasteiger partial charge in [-0.25, -0.2) is 5.84 Å². The first-order valence-corrected chi connectivity index (χ1v) is 7.77. The maximum atomic E-state index is 11.4. The third-order valence-electron chi connectivity index (χ3n) is 3.68. The fourth-order valence-electron chi connectivity index (χ4n) is 2.61. The van der Waals surface area contributed by atoms with E-state index < -0.39 is 0 Å². The molecule has 0 saturated carbocycles. The number of nitrogens with one attached hydrogen (secondary N) is 1. The Morgan fingerprint density at radius 2 is 2.39 bits per heavy atom. The molecule has 0 spiro atoms. The number of thioether (sulfide) groups is 1. The Bertz CT molecular complexity index is 290.